The van der Waals surface area contributed by atoms with Crippen molar-refractivity contribution in [3.05, 3.63) is 0 Å². The van der Waals surface area contributed by atoms with Gasteiger partial charge in [0.15, 0.2) is 0 Å². The first-order valence-electron chi connectivity index (χ1n) is 3.69. The van der Waals surface area contributed by atoms with E-state index in [0.29, 0.717) is 19.3 Å². The van der Waals surface area contributed by atoms with E-state index in [9.17, 15) is 17.6 Å². The number of rotatable bonds is 5. The molecule has 11 heavy (non-hydrogen) atoms. The second-order valence-corrected chi connectivity index (χ2v) is 2.47. The Morgan fingerprint density at radius 1 is 0.818 bits per heavy atom. The van der Waals surface area contributed by atoms with Crippen molar-refractivity contribution in [2.75, 3.05) is 6.67 Å². The summed E-state index contributed by atoms with van der Waals surface area (Å²) in [4.78, 5) is 0. The van der Waals surface area contributed by atoms with Gasteiger partial charge in [-0.25, -0.2) is 0 Å². The van der Waals surface area contributed by atoms with Crippen LogP contribution in [0.2, 0.25) is 0 Å². The molecule has 0 atom stereocenters. The fourth-order valence-corrected chi connectivity index (χ4v) is 0.773. The first kappa shape index (κ1) is 10.7. The fourth-order valence-electron chi connectivity index (χ4n) is 0.773. The summed E-state index contributed by atoms with van der Waals surface area (Å²) in [5.74, 6) is 0. The van der Waals surface area contributed by atoms with Gasteiger partial charge in [-0.05, 0) is 12.8 Å². The van der Waals surface area contributed by atoms with E-state index in [-0.39, 0.29) is 6.42 Å². The topological polar surface area (TPSA) is 0 Å². The molecular weight excluding hydrogens is 160 g/mol. The number of hydrogen-bond donors (Lipinski definition) is 0. The number of halogens is 4. The third-order valence-electron chi connectivity index (χ3n) is 1.34. The Balaban J connectivity index is 3.02. The van der Waals surface area contributed by atoms with Gasteiger partial charge in [-0.3, -0.25) is 4.39 Å². The van der Waals surface area contributed by atoms with Crippen molar-refractivity contribution < 1.29 is 17.6 Å². The zero-order chi connectivity index (χ0) is 8.74. The average molecular weight is 172 g/mol. The van der Waals surface area contributed by atoms with Gasteiger partial charge in [0.1, 0.15) is 0 Å². The lowest BCUT2D eigenvalue weighted by atomic mass is 10.1. The lowest BCUT2D eigenvalue weighted by Gasteiger charge is -2.04. The van der Waals surface area contributed by atoms with Crippen LogP contribution in [0.25, 0.3) is 0 Å². The highest BCUT2D eigenvalue weighted by Crippen LogP contribution is 2.22. The van der Waals surface area contributed by atoms with Crippen LogP contribution in [0.3, 0.4) is 0 Å². The Morgan fingerprint density at radius 3 is 1.82 bits per heavy atom. The van der Waals surface area contributed by atoms with Crippen molar-refractivity contribution >= 4 is 0 Å². The maximum absolute atomic E-state index is 11.5. The fraction of sp³-hybridized carbons (Fsp3) is 1.00. The highest BCUT2D eigenvalue weighted by molar-refractivity contribution is 4.51. The molecular formula is C7H12F4. The first-order chi connectivity index (χ1) is 5.06. The van der Waals surface area contributed by atoms with Gasteiger partial charge in [0.2, 0.25) is 0 Å². The molecule has 0 amide bonds. The molecule has 0 aliphatic heterocycles. The molecule has 4 heteroatoms. The molecule has 0 heterocycles. The van der Waals surface area contributed by atoms with E-state index in [2.05, 4.69) is 0 Å². The van der Waals surface area contributed by atoms with Crippen LogP contribution in [-0.4, -0.2) is 12.9 Å². The smallest absolute Gasteiger partial charge is 0.251 e. The summed E-state index contributed by atoms with van der Waals surface area (Å²) in [5.41, 5.74) is 0. The quantitative estimate of drug-likeness (QED) is 0.440. The predicted octanol–water partition coefficient (Wildman–Crippen LogP) is 3.47. The summed E-state index contributed by atoms with van der Waals surface area (Å²) in [6, 6.07) is 0. The normalized spacial score (nSPS) is 12.0. The van der Waals surface area contributed by atoms with Crippen LogP contribution in [0.5, 0.6) is 0 Å². The highest BCUT2D eigenvalue weighted by atomic mass is 19.4. The summed E-state index contributed by atoms with van der Waals surface area (Å²) >= 11 is 0. The maximum Gasteiger partial charge on any atom is 0.389 e. The minimum Gasteiger partial charge on any atom is -0.251 e. The Bertz CT molecular complexity index is 86.9. The van der Waals surface area contributed by atoms with Crippen LogP contribution in [0, 0.1) is 0 Å². The minimum atomic E-state index is -4.05. The Hall–Kier alpha value is -0.280. The largest absolute Gasteiger partial charge is 0.389 e. The van der Waals surface area contributed by atoms with E-state index in [4.69, 9.17) is 0 Å². The average Bonchev–Trinajstić information content (AvgIpc) is 1.85. The van der Waals surface area contributed by atoms with Crippen molar-refractivity contribution in [3.8, 4) is 0 Å². The van der Waals surface area contributed by atoms with Crippen LogP contribution in [0.15, 0.2) is 0 Å². The standard InChI is InChI=1S/C7H12F4/c8-6-4-2-1-3-5-7(9,10)11/h1-6H2. The minimum absolute atomic E-state index is 0.128. The van der Waals surface area contributed by atoms with Crippen molar-refractivity contribution in [3.63, 3.8) is 0 Å². The molecule has 0 aliphatic carbocycles. The van der Waals surface area contributed by atoms with Crippen molar-refractivity contribution in [2.45, 2.75) is 38.3 Å². The van der Waals surface area contributed by atoms with Gasteiger partial charge >= 0.3 is 6.18 Å². The summed E-state index contributed by atoms with van der Waals surface area (Å²) in [6.45, 7) is -0.425. The van der Waals surface area contributed by atoms with Gasteiger partial charge in [-0.15, -0.1) is 0 Å². The molecule has 0 fully saturated rings. The van der Waals surface area contributed by atoms with Crippen molar-refractivity contribution in [1.29, 1.82) is 0 Å². The number of unbranched alkanes of at least 4 members (excludes halogenated alkanes) is 3. The van der Waals surface area contributed by atoms with E-state index in [1.54, 1.807) is 0 Å². The molecule has 0 unspecified atom stereocenters. The van der Waals surface area contributed by atoms with Gasteiger partial charge in [0.05, 0.1) is 6.67 Å². The van der Waals surface area contributed by atoms with Crippen LogP contribution >= 0.6 is 0 Å². The van der Waals surface area contributed by atoms with Gasteiger partial charge in [-0.2, -0.15) is 13.2 Å². The lowest BCUT2D eigenvalue weighted by Crippen LogP contribution is -2.06. The van der Waals surface area contributed by atoms with Crippen LogP contribution in [-0.2, 0) is 0 Å². The summed E-state index contributed by atoms with van der Waals surface area (Å²) in [7, 11) is 0. The molecule has 0 saturated heterocycles. The molecule has 0 aromatic carbocycles. The van der Waals surface area contributed by atoms with E-state index in [0.717, 1.165) is 0 Å². The summed E-state index contributed by atoms with van der Waals surface area (Å²) in [6.07, 6.45) is -3.23. The molecule has 0 N–H and O–H groups in total. The van der Waals surface area contributed by atoms with Crippen molar-refractivity contribution in [2.24, 2.45) is 0 Å². The van der Waals surface area contributed by atoms with Gasteiger partial charge in [-0.1, -0.05) is 12.8 Å². The number of hydrogen-bond acceptors (Lipinski definition) is 0. The van der Waals surface area contributed by atoms with E-state index < -0.39 is 19.3 Å². The molecule has 0 radical (unpaired) electrons. The monoisotopic (exact) mass is 172 g/mol. The lowest BCUT2D eigenvalue weighted by molar-refractivity contribution is -0.135. The molecule has 0 rings (SSSR count). The Morgan fingerprint density at radius 2 is 1.36 bits per heavy atom. The first-order valence-corrected chi connectivity index (χ1v) is 3.69. The third-order valence-corrected chi connectivity index (χ3v) is 1.34. The molecule has 0 aromatic rings. The zero-order valence-electron chi connectivity index (χ0n) is 6.25. The summed E-state index contributed by atoms with van der Waals surface area (Å²) in [5, 5.41) is 0. The molecule has 0 saturated carbocycles. The van der Waals surface area contributed by atoms with Gasteiger partial charge in [0.25, 0.3) is 0 Å². The van der Waals surface area contributed by atoms with Gasteiger partial charge < -0.3 is 0 Å². The second kappa shape index (κ2) is 5.38. The van der Waals surface area contributed by atoms with Crippen LogP contribution < -0.4 is 0 Å². The Kier molecular flexibility index (Phi) is 5.24. The van der Waals surface area contributed by atoms with E-state index >= 15 is 0 Å². The third kappa shape index (κ3) is 9.72. The zero-order valence-corrected chi connectivity index (χ0v) is 6.25. The number of alkyl halides is 4. The predicted molar refractivity (Wildman–Crippen MR) is 35.1 cm³/mol. The SMILES string of the molecule is FCCCCCCC(F)(F)F. The molecule has 0 aromatic heterocycles. The highest BCUT2D eigenvalue weighted by Gasteiger charge is 2.25. The van der Waals surface area contributed by atoms with Gasteiger partial charge in [0, 0.05) is 6.42 Å². The molecule has 0 spiro atoms. The molecule has 0 nitrogen and oxygen atoms in total. The maximum atomic E-state index is 11.5. The molecule has 0 bridgehead atoms. The van der Waals surface area contributed by atoms with Crippen molar-refractivity contribution in [1.82, 2.24) is 0 Å². The van der Waals surface area contributed by atoms with E-state index in [1.165, 1.54) is 0 Å². The second-order valence-electron chi connectivity index (χ2n) is 2.47. The van der Waals surface area contributed by atoms with Crippen LogP contribution in [0.1, 0.15) is 32.1 Å². The molecule has 0 aliphatic rings. The Labute approximate surface area is 63.6 Å². The van der Waals surface area contributed by atoms with E-state index in [1.807, 2.05) is 0 Å². The molecule has 68 valence electrons. The van der Waals surface area contributed by atoms with Crippen LogP contribution in [0.4, 0.5) is 17.6 Å². The summed E-state index contributed by atoms with van der Waals surface area (Å²) < 4.78 is 45.9.